The van der Waals surface area contributed by atoms with Gasteiger partial charge in [-0.3, -0.25) is 4.90 Å². The number of likely N-dealkylation sites (tertiary alicyclic amines) is 1. The lowest BCUT2D eigenvalue weighted by Gasteiger charge is -2.26. The Bertz CT molecular complexity index is 107. The maximum absolute atomic E-state index is 5.47. The maximum Gasteiger partial charge on any atom is 0.218 e. The summed E-state index contributed by atoms with van der Waals surface area (Å²) in [5, 5.41) is 0. The number of hydrogen-bond donors (Lipinski definition) is 0. The van der Waals surface area contributed by atoms with E-state index in [1.54, 1.807) is 0 Å². The van der Waals surface area contributed by atoms with E-state index in [9.17, 15) is 0 Å². The van der Waals surface area contributed by atoms with Crippen molar-refractivity contribution in [3.63, 3.8) is 0 Å². The van der Waals surface area contributed by atoms with Crippen molar-refractivity contribution in [1.82, 2.24) is 4.90 Å². The van der Waals surface area contributed by atoms with E-state index < -0.39 is 0 Å². The van der Waals surface area contributed by atoms with Crippen LogP contribution in [-0.2, 0) is 9.47 Å². The van der Waals surface area contributed by atoms with Crippen LogP contribution in [0.25, 0.3) is 0 Å². The Labute approximate surface area is 74.6 Å². The second-order valence-electron chi connectivity index (χ2n) is 2.96. The molecule has 3 heteroatoms. The minimum absolute atomic E-state index is 0.0949. The quantitative estimate of drug-likeness (QED) is 0.587. The summed E-state index contributed by atoms with van der Waals surface area (Å²) in [5.74, 6) is 0. The Balaban J connectivity index is 2.29. The van der Waals surface area contributed by atoms with Gasteiger partial charge >= 0.3 is 0 Å². The largest absolute Gasteiger partial charge is 0.340 e. The van der Waals surface area contributed by atoms with Gasteiger partial charge in [0.05, 0.1) is 0 Å². The number of nitrogens with zero attached hydrogens (tertiary/aromatic N) is 1. The third kappa shape index (κ3) is 2.73. The van der Waals surface area contributed by atoms with E-state index in [1.807, 2.05) is 13.8 Å². The Morgan fingerprint density at radius 3 is 2.00 bits per heavy atom. The number of ether oxygens (including phenoxy) is 2. The standard InChI is InChI=1S/C9H19NO2/c1-3-11-9(12-4-2)10-7-5-6-8-10/h9H,3-8H2,1-2H3. The molecule has 1 aliphatic heterocycles. The van der Waals surface area contributed by atoms with Crippen LogP contribution >= 0.6 is 0 Å². The van der Waals surface area contributed by atoms with Crippen molar-refractivity contribution in [2.75, 3.05) is 26.3 Å². The lowest BCUT2D eigenvalue weighted by Crippen LogP contribution is -2.37. The van der Waals surface area contributed by atoms with Gasteiger partial charge in [0.2, 0.25) is 6.41 Å². The molecule has 0 atom stereocenters. The first kappa shape index (κ1) is 9.96. The zero-order valence-corrected chi connectivity index (χ0v) is 8.08. The molecule has 0 saturated carbocycles. The molecule has 0 amide bonds. The molecular formula is C9H19NO2. The second kappa shape index (κ2) is 5.51. The first-order chi connectivity index (χ1) is 5.88. The van der Waals surface area contributed by atoms with Gasteiger partial charge in [0.25, 0.3) is 0 Å². The van der Waals surface area contributed by atoms with Gasteiger partial charge in [0.15, 0.2) is 0 Å². The van der Waals surface area contributed by atoms with Crippen molar-refractivity contribution in [2.45, 2.75) is 33.1 Å². The first-order valence-corrected chi connectivity index (χ1v) is 4.85. The molecule has 0 N–H and O–H groups in total. The summed E-state index contributed by atoms with van der Waals surface area (Å²) in [6.45, 7) is 7.68. The van der Waals surface area contributed by atoms with Crippen LogP contribution < -0.4 is 0 Å². The Morgan fingerprint density at radius 2 is 1.58 bits per heavy atom. The van der Waals surface area contributed by atoms with Crippen molar-refractivity contribution < 1.29 is 9.47 Å². The van der Waals surface area contributed by atoms with Crippen molar-refractivity contribution in [2.24, 2.45) is 0 Å². The molecule has 1 fully saturated rings. The average molecular weight is 173 g/mol. The van der Waals surface area contributed by atoms with Gasteiger partial charge in [-0.2, -0.15) is 0 Å². The van der Waals surface area contributed by atoms with E-state index in [1.165, 1.54) is 12.8 Å². The normalized spacial score (nSPS) is 19.2. The van der Waals surface area contributed by atoms with Gasteiger partial charge in [0, 0.05) is 26.3 Å². The predicted molar refractivity (Wildman–Crippen MR) is 47.8 cm³/mol. The van der Waals surface area contributed by atoms with E-state index in [0.29, 0.717) is 0 Å². The Hall–Kier alpha value is -0.120. The van der Waals surface area contributed by atoms with Crippen LogP contribution in [0.3, 0.4) is 0 Å². The molecular weight excluding hydrogens is 154 g/mol. The summed E-state index contributed by atoms with van der Waals surface area (Å²) in [7, 11) is 0. The van der Waals surface area contributed by atoms with E-state index in [0.717, 1.165) is 26.3 Å². The van der Waals surface area contributed by atoms with Crippen molar-refractivity contribution in [3.8, 4) is 0 Å². The van der Waals surface area contributed by atoms with Crippen molar-refractivity contribution >= 4 is 0 Å². The number of rotatable bonds is 5. The average Bonchev–Trinajstić information content (AvgIpc) is 2.56. The van der Waals surface area contributed by atoms with Crippen LogP contribution in [0.5, 0.6) is 0 Å². The molecule has 0 unspecified atom stereocenters. The summed E-state index contributed by atoms with van der Waals surface area (Å²) >= 11 is 0. The van der Waals surface area contributed by atoms with Gasteiger partial charge < -0.3 is 9.47 Å². The third-order valence-corrected chi connectivity index (χ3v) is 2.06. The molecule has 1 aliphatic rings. The monoisotopic (exact) mass is 173 g/mol. The molecule has 0 bridgehead atoms. The van der Waals surface area contributed by atoms with Crippen molar-refractivity contribution in [1.29, 1.82) is 0 Å². The fourth-order valence-corrected chi connectivity index (χ4v) is 1.50. The third-order valence-electron chi connectivity index (χ3n) is 2.06. The highest BCUT2D eigenvalue weighted by molar-refractivity contribution is 4.65. The van der Waals surface area contributed by atoms with Gasteiger partial charge in [-0.15, -0.1) is 0 Å². The topological polar surface area (TPSA) is 21.7 Å². The highest BCUT2D eigenvalue weighted by atomic mass is 16.7. The van der Waals surface area contributed by atoms with E-state index >= 15 is 0 Å². The highest BCUT2D eigenvalue weighted by Gasteiger charge is 2.21. The molecule has 0 radical (unpaired) electrons. The van der Waals surface area contributed by atoms with E-state index in [-0.39, 0.29) is 6.41 Å². The predicted octanol–water partition coefficient (Wildman–Crippen LogP) is 1.44. The molecule has 0 spiro atoms. The van der Waals surface area contributed by atoms with E-state index in [2.05, 4.69) is 4.90 Å². The lowest BCUT2D eigenvalue weighted by atomic mass is 10.4. The first-order valence-electron chi connectivity index (χ1n) is 4.85. The zero-order chi connectivity index (χ0) is 8.81. The fourth-order valence-electron chi connectivity index (χ4n) is 1.50. The van der Waals surface area contributed by atoms with Crippen LogP contribution in [0.4, 0.5) is 0 Å². The zero-order valence-electron chi connectivity index (χ0n) is 8.08. The summed E-state index contributed by atoms with van der Waals surface area (Å²) in [4.78, 5) is 2.26. The minimum atomic E-state index is -0.0949. The number of hydrogen-bond acceptors (Lipinski definition) is 3. The van der Waals surface area contributed by atoms with Gasteiger partial charge in [-0.25, -0.2) is 0 Å². The molecule has 1 saturated heterocycles. The molecule has 1 heterocycles. The molecule has 12 heavy (non-hydrogen) atoms. The molecule has 0 aromatic heterocycles. The minimum Gasteiger partial charge on any atom is -0.340 e. The summed E-state index contributed by atoms with van der Waals surface area (Å²) in [6, 6.07) is 0. The lowest BCUT2D eigenvalue weighted by molar-refractivity contribution is -0.214. The van der Waals surface area contributed by atoms with Crippen LogP contribution in [-0.4, -0.2) is 37.6 Å². The highest BCUT2D eigenvalue weighted by Crippen LogP contribution is 2.13. The molecule has 72 valence electrons. The van der Waals surface area contributed by atoms with Crippen LogP contribution in [0.15, 0.2) is 0 Å². The summed E-state index contributed by atoms with van der Waals surface area (Å²) in [5.41, 5.74) is 0. The fraction of sp³-hybridized carbons (Fsp3) is 1.00. The molecule has 0 aromatic rings. The van der Waals surface area contributed by atoms with Crippen LogP contribution in [0.2, 0.25) is 0 Å². The van der Waals surface area contributed by atoms with Gasteiger partial charge in [-0.1, -0.05) is 0 Å². The second-order valence-corrected chi connectivity index (χ2v) is 2.96. The maximum atomic E-state index is 5.47. The van der Waals surface area contributed by atoms with Gasteiger partial charge in [0.1, 0.15) is 0 Å². The van der Waals surface area contributed by atoms with Crippen molar-refractivity contribution in [3.05, 3.63) is 0 Å². The van der Waals surface area contributed by atoms with Gasteiger partial charge in [-0.05, 0) is 26.7 Å². The molecule has 0 aliphatic carbocycles. The SMILES string of the molecule is CCOC(OCC)N1CCCC1. The molecule has 3 nitrogen and oxygen atoms in total. The summed E-state index contributed by atoms with van der Waals surface area (Å²) in [6.07, 6.45) is 2.45. The van der Waals surface area contributed by atoms with E-state index in [4.69, 9.17) is 9.47 Å². The summed E-state index contributed by atoms with van der Waals surface area (Å²) < 4.78 is 10.9. The Kier molecular flexibility index (Phi) is 4.58. The molecule has 0 aromatic carbocycles. The van der Waals surface area contributed by atoms with Crippen LogP contribution in [0.1, 0.15) is 26.7 Å². The molecule has 1 rings (SSSR count). The Morgan fingerprint density at radius 1 is 1.08 bits per heavy atom. The smallest absolute Gasteiger partial charge is 0.218 e. The van der Waals surface area contributed by atoms with Crippen LogP contribution in [0, 0.1) is 0 Å².